The summed E-state index contributed by atoms with van der Waals surface area (Å²) in [5.74, 6) is -0.989. The standard InChI is InChI=1S/C35H29Cl2FN2O4S/c36-30-13-11-27(12-14-30)28-8-4-7-26(17-28)22-40(21-25-9-15-31(38)16-10-25)45(42,43)33-19-29(18-32(37)34(33)41)35(23-44-35)39-20-24-5-2-1-3-6-24/h1-19,39,41H,20-23H2. The predicted octanol–water partition coefficient (Wildman–Crippen LogP) is 7.87. The summed E-state index contributed by atoms with van der Waals surface area (Å²) in [6.45, 7) is 0.665. The second kappa shape index (κ2) is 12.9. The van der Waals surface area contributed by atoms with Crippen molar-refractivity contribution in [2.45, 2.75) is 30.3 Å². The highest BCUT2D eigenvalue weighted by atomic mass is 35.5. The lowest BCUT2D eigenvalue weighted by atomic mass is 10.0. The molecule has 0 spiro atoms. The maximum atomic E-state index is 14.4. The summed E-state index contributed by atoms with van der Waals surface area (Å²) < 4.78 is 49.6. The van der Waals surface area contributed by atoms with Gasteiger partial charge in [0, 0.05) is 30.2 Å². The van der Waals surface area contributed by atoms with Crippen molar-refractivity contribution in [1.29, 1.82) is 0 Å². The van der Waals surface area contributed by atoms with Crippen LogP contribution in [0.4, 0.5) is 4.39 Å². The lowest BCUT2D eigenvalue weighted by Crippen LogP contribution is -2.32. The second-order valence-electron chi connectivity index (χ2n) is 10.9. The molecule has 1 aliphatic heterocycles. The zero-order chi connectivity index (χ0) is 31.6. The SMILES string of the molecule is O=S(=O)(c1cc(C2(NCc3ccccc3)CO2)cc(Cl)c1O)N(Cc1ccc(F)cc1)Cc1cccc(-c2ccc(Cl)cc2)c1. The molecule has 6 nitrogen and oxygen atoms in total. The molecule has 1 saturated heterocycles. The van der Waals surface area contributed by atoms with Crippen LogP contribution < -0.4 is 5.32 Å². The van der Waals surface area contributed by atoms with E-state index in [4.69, 9.17) is 27.9 Å². The van der Waals surface area contributed by atoms with E-state index in [1.165, 1.54) is 40.7 Å². The molecule has 0 bridgehead atoms. The highest BCUT2D eigenvalue weighted by Crippen LogP contribution is 2.43. The topological polar surface area (TPSA) is 82.2 Å². The smallest absolute Gasteiger partial charge is 0.247 e. The minimum atomic E-state index is -4.36. The Balaban J connectivity index is 1.35. The fourth-order valence-electron chi connectivity index (χ4n) is 5.14. The van der Waals surface area contributed by atoms with Gasteiger partial charge >= 0.3 is 0 Å². The van der Waals surface area contributed by atoms with Crippen molar-refractivity contribution in [1.82, 2.24) is 9.62 Å². The maximum absolute atomic E-state index is 14.4. The minimum Gasteiger partial charge on any atom is -0.505 e. The Morgan fingerprint density at radius 3 is 2.16 bits per heavy atom. The van der Waals surface area contributed by atoms with Crippen molar-refractivity contribution in [2.75, 3.05) is 6.61 Å². The van der Waals surface area contributed by atoms with Gasteiger partial charge in [-0.1, -0.05) is 96.0 Å². The van der Waals surface area contributed by atoms with E-state index in [1.54, 1.807) is 12.1 Å². The van der Waals surface area contributed by atoms with Crippen molar-refractivity contribution in [2.24, 2.45) is 0 Å². The molecule has 10 heteroatoms. The van der Waals surface area contributed by atoms with Crippen LogP contribution in [0, 0.1) is 5.82 Å². The van der Waals surface area contributed by atoms with Crippen LogP contribution >= 0.6 is 23.2 Å². The first-order chi connectivity index (χ1) is 21.6. The molecule has 1 atom stereocenters. The highest BCUT2D eigenvalue weighted by molar-refractivity contribution is 7.89. The zero-order valence-electron chi connectivity index (χ0n) is 24.0. The fourth-order valence-corrected chi connectivity index (χ4v) is 7.09. The first-order valence-corrected chi connectivity index (χ1v) is 16.4. The molecule has 5 aromatic rings. The van der Waals surface area contributed by atoms with Crippen LogP contribution in [-0.2, 0) is 40.1 Å². The Labute approximate surface area is 271 Å². The van der Waals surface area contributed by atoms with Crippen LogP contribution in [0.1, 0.15) is 22.3 Å². The quantitative estimate of drug-likeness (QED) is 0.141. The van der Waals surface area contributed by atoms with Crippen LogP contribution in [0.2, 0.25) is 10.0 Å². The summed E-state index contributed by atoms with van der Waals surface area (Å²) in [6.07, 6.45) is 0. The Kier molecular flexibility index (Phi) is 8.97. The highest BCUT2D eigenvalue weighted by Gasteiger charge is 2.47. The van der Waals surface area contributed by atoms with Gasteiger partial charge in [-0.05, 0) is 70.3 Å². The van der Waals surface area contributed by atoms with Crippen LogP contribution in [-0.4, -0.2) is 24.4 Å². The molecule has 1 fully saturated rings. The normalized spacial score (nSPS) is 16.2. The third-order valence-electron chi connectivity index (χ3n) is 7.70. The fraction of sp³-hybridized carbons (Fsp3) is 0.143. The number of ether oxygens (including phenoxy) is 1. The number of hydrogen-bond acceptors (Lipinski definition) is 5. The summed E-state index contributed by atoms with van der Waals surface area (Å²) in [4.78, 5) is -0.350. The van der Waals surface area contributed by atoms with E-state index >= 15 is 0 Å². The van der Waals surface area contributed by atoms with E-state index in [0.717, 1.165) is 16.7 Å². The average Bonchev–Trinajstić information content (AvgIpc) is 3.84. The van der Waals surface area contributed by atoms with E-state index in [-0.39, 0.29) is 23.0 Å². The molecule has 2 N–H and O–H groups in total. The number of phenolic OH excluding ortho intramolecular Hbond substituents is 1. The molecule has 1 unspecified atom stereocenters. The molecule has 6 rings (SSSR count). The van der Waals surface area contributed by atoms with Gasteiger partial charge in [0.15, 0.2) is 11.5 Å². The van der Waals surface area contributed by atoms with Crippen LogP contribution in [0.3, 0.4) is 0 Å². The van der Waals surface area contributed by atoms with Crippen LogP contribution in [0.25, 0.3) is 11.1 Å². The van der Waals surface area contributed by atoms with Crippen molar-refractivity contribution in [3.8, 4) is 16.9 Å². The molecule has 45 heavy (non-hydrogen) atoms. The van der Waals surface area contributed by atoms with Crippen molar-refractivity contribution in [3.63, 3.8) is 0 Å². The minimum absolute atomic E-state index is 0.0314. The number of sulfonamides is 1. The molecule has 1 heterocycles. The van der Waals surface area contributed by atoms with Crippen molar-refractivity contribution < 1.29 is 22.7 Å². The van der Waals surface area contributed by atoms with Crippen molar-refractivity contribution in [3.05, 3.63) is 153 Å². The number of phenols is 1. The second-order valence-corrected chi connectivity index (χ2v) is 13.6. The first kappa shape index (κ1) is 31.2. The zero-order valence-corrected chi connectivity index (χ0v) is 26.3. The number of aromatic hydroxyl groups is 1. The number of nitrogens with zero attached hydrogens (tertiary/aromatic N) is 1. The Morgan fingerprint density at radius 1 is 0.800 bits per heavy atom. The largest absolute Gasteiger partial charge is 0.505 e. The summed E-state index contributed by atoms with van der Waals surface area (Å²) in [5, 5.41) is 14.9. The summed E-state index contributed by atoms with van der Waals surface area (Å²) in [5.41, 5.74) is 3.63. The van der Waals surface area contributed by atoms with Gasteiger partial charge in [0.1, 0.15) is 10.7 Å². The number of epoxide rings is 1. The summed E-state index contributed by atoms with van der Waals surface area (Å²) in [7, 11) is -4.36. The van der Waals surface area contributed by atoms with Crippen molar-refractivity contribution >= 4 is 33.2 Å². The monoisotopic (exact) mass is 662 g/mol. The number of rotatable bonds is 11. The predicted molar refractivity (Wildman–Crippen MR) is 174 cm³/mol. The first-order valence-electron chi connectivity index (χ1n) is 14.2. The number of benzene rings is 5. The Bertz CT molecular complexity index is 1920. The molecule has 0 saturated carbocycles. The lowest BCUT2D eigenvalue weighted by molar-refractivity contribution is 0.256. The molecule has 0 aromatic heterocycles. The van der Waals surface area contributed by atoms with E-state index in [9.17, 15) is 17.9 Å². The van der Waals surface area contributed by atoms with Gasteiger partial charge in [0.25, 0.3) is 0 Å². The van der Waals surface area contributed by atoms with Gasteiger partial charge in [-0.15, -0.1) is 0 Å². The Morgan fingerprint density at radius 2 is 1.47 bits per heavy atom. The molecule has 0 amide bonds. The molecular weight excluding hydrogens is 634 g/mol. The molecule has 5 aromatic carbocycles. The van der Waals surface area contributed by atoms with Gasteiger partial charge in [-0.2, -0.15) is 4.31 Å². The average molecular weight is 664 g/mol. The third kappa shape index (κ3) is 7.07. The number of hydrogen-bond donors (Lipinski definition) is 2. The van der Waals surface area contributed by atoms with Gasteiger partial charge in [0.05, 0.1) is 11.6 Å². The lowest BCUT2D eigenvalue weighted by Gasteiger charge is -2.25. The Hall–Kier alpha value is -3.76. The molecule has 230 valence electrons. The van der Waals surface area contributed by atoms with E-state index < -0.39 is 27.3 Å². The van der Waals surface area contributed by atoms with Gasteiger partial charge < -0.3 is 9.84 Å². The van der Waals surface area contributed by atoms with Gasteiger partial charge in [-0.3, -0.25) is 5.32 Å². The maximum Gasteiger partial charge on any atom is 0.247 e. The third-order valence-corrected chi connectivity index (χ3v) is 10.0. The van der Waals surface area contributed by atoms with E-state index in [0.29, 0.717) is 34.9 Å². The molecule has 1 aliphatic rings. The molecule has 0 radical (unpaired) electrons. The van der Waals surface area contributed by atoms with Gasteiger partial charge in [-0.25, -0.2) is 12.8 Å². The number of halogens is 3. The van der Waals surface area contributed by atoms with E-state index in [2.05, 4.69) is 5.32 Å². The van der Waals surface area contributed by atoms with Crippen LogP contribution in [0.15, 0.2) is 120 Å². The summed E-state index contributed by atoms with van der Waals surface area (Å²) >= 11 is 12.5. The van der Waals surface area contributed by atoms with E-state index in [1.807, 2.05) is 66.7 Å². The number of nitrogens with one attached hydrogen (secondary N) is 1. The van der Waals surface area contributed by atoms with Crippen LogP contribution in [0.5, 0.6) is 5.75 Å². The van der Waals surface area contributed by atoms with Gasteiger partial charge in [0.2, 0.25) is 10.0 Å². The molecule has 0 aliphatic carbocycles. The molecular formula is C35H29Cl2FN2O4S. The summed E-state index contributed by atoms with van der Waals surface area (Å²) in [6, 6.07) is 33.2.